The summed E-state index contributed by atoms with van der Waals surface area (Å²) in [6, 6.07) is 1.42. The molecule has 0 heterocycles. The van der Waals surface area contributed by atoms with Crippen LogP contribution in [0.25, 0.3) is 0 Å². The third-order valence-electron chi connectivity index (χ3n) is 3.18. The van der Waals surface area contributed by atoms with E-state index < -0.39 is 0 Å². The van der Waals surface area contributed by atoms with Gasteiger partial charge in [-0.1, -0.05) is 58.2 Å². The standard InChI is InChI=1S/C15H25Si/c1-4-6-8-12-16(3)15-11-10-14(13-15)9-7-5-2/h10,13H,4-9,12H2,1-3H3. The highest BCUT2D eigenvalue weighted by Crippen LogP contribution is 2.15. The molecule has 89 valence electrons. The molecule has 0 aliphatic heterocycles. The summed E-state index contributed by atoms with van der Waals surface area (Å²) in [5.74, 6) is 0. The fourth-order valence-electron chi connectivity index (χ4n) is 1.99. The Hall–Kier alpha value is -0.433. The third-order valence-corrected chi connectivity index (χ3v) is 5.49. The molecule has 16 heavy (non-hydrogen) atoms. The minimum atomic E-state index is -0.299. The van der Waals surface area contributed by atoms with Crippen LogP contribution < -0.4 is 0 Å². The SMILES string of the molecule is CCCCC[Si](C)=C1[C]=CC(CCCC)=C1. The van der Waals surface area contributed by atoms with Gasteiger partial charge in [-0.15, -0.1) is 0 Å². The molecule has 1 rings (SSSR count). The second-order valence-corrected chi connectivity index (χ2v) is 7.36. The van der Waals surface area contributed by atoms with Gasteiger partial charge in [0.25, 0.3) is 0 Å². The van der Waals surface area contributed by atoms with Crippen molar-refractivity contribution in [2.24, 2.45) is 0 Å². The molecule has 0 aromatic rings. The van der Waals surface area contributed by atoms with Crippen LogP contribution in [-0.2, 0) is 0 Å². The first-order chi connectivity index (χ1) is 7.77. The summed E-state index contributed by atoms with van der Waals surface area (Å²) in [4.78, 5) is 0. The van der Waals surface area contributed by atoms with Crippen LogP contribution in [0, 0.1) is 6.08 Å². The molecule has 1 aliphatic carbocycles. The van der Waals surface area contributed by atoms with Crippen molar-refractivity contribution in [3.8, 4) is 0 Å². The molecular formula is C15H25Si. The number of hydrogen-bond acceptors (Lipinski definition) is 0. The van der Waals surface area contributed by atoms with Gasteiger partial charge in [-0.25, -0.2) is 0 Å². The Morgan fingerprint density at radius 1 is 1.12 bits per heavy atom. The van der Waals surface area contributed by atoms with Crippen LogP contribution in [-0.4, -0.2) is 13.6 Å². The van der Waals surface area contributed by atoms with E-state index in [4.69, 9.17) is 0 Å². The fraction of sp³-hybridized carbons (Fsp3) is 0.667. The molecule has 0 fully saturated rings. The molecule has 1 radical (unpaired) electrons. The van der Waals surface area contributed by atoms with E-state index in [2.05, 4.69) is 38.6 Å². The van der Waals surface area contributed by atoms with Crippen LogP contribution in [0.15, 0.2) is 17.7 Å². The van der Waals surface area contributed by atoms with Gasteiger partial charge in [0.05, 0.1) is 0 Å². The van der Waals surface area contributed by atoms with Gasteiger partial charge in [0.1, 0.15) is 0 Å². The Kier molecular flexibility index (Phi) is 6.63. The maximum Gasteiger partial charge on any atom is 0.0169 e. The van der Waals surface area contributed by atoms with Gasteiger partial charge >= 0.3 is 0 Å². The summed E-state index contributed by atoms with van der Waals surface area (Å²) in [6.45, 7) is 6.97. The zero-order valence-corrected chi connectivity index (χ0v) is 12.1. The van der Waals surface area contributed by atoms with Gasteiger partial charge < -0.3 is 0 Å². The van der Waals surface area contributed by atoms with E-state index >= 15 is 0 Å². The maximum absolute atomic E-state index is 3.49. The summed E-state index contributed by atoms with van der Waals surface area (Å²) in [6.07, 6.45) is 16.1. The van der Waals surface area contributed by atoms with Crippen molar-refractivity contribution >= 4 is 13.6 Å². The topological polar surface area (TPSA) is 0 Å². The average molecular weight is 233 g/mol. The molecular weight excluding hydrogens is 208 g/mol. The predicted octanol–water partition coefficient (Wildman–Crippen LogP) is 4.54. The number of hydrogen-bond donors (Lipinski definition) is 0. The summed E-state index contributed by atoms with van der Waals surface area (Å²) < 4.78 is 0. The van der Waals surface area contributed by atoms with Crippen molar-refractivity contribution in [3.05, 3.63) is 23.8 Å². The largest absolute Gasteiger partial charge is 0.0654 e. The maximum atomic E-state index is 3.49. The molecule has 0 unspecified atom stereocenters. The molecule has 0 aromatic carbocycles. The monoisotopic (exact) mass is 233 g/mol. The molecule has 0 nitrogen and oxygen atoms in total. The first-order valence-corrected chi connectivity index (χ1v) is 8.98. The summed E-state index contributed by atoms with van der Waals surface area (Å²) in [5.41, 5.74) is 1.51. The molecule has 0 spiro atoms. The molecule has 0 aromatic heterocycles. The third kappa shape index (κ3) is 4.61. The lowest BCUT2D eigenvalue weighted by Gasteiger charge is -2.01. The lowest BCUT2D eigenvalue weighted by atomic mass is 10.1. The fourth-order valence-corrected chi connectivity index (χ4v) is 3.79. The predicted molar refractivity (Wildman–Crippen MR) is 76.4 cm³/mol. The number of unbranched alkanes of at least 4 members (excludes halogenated alkanes) is 3. The van der Waals surface area contributed by atoms with Crippen molar-refractivity contribution in [2.45, 2.75) is 65.0 Å². The Balaban J connectivity index is 2.45. The van der Waals surface area contributed by atoms with Crippen LogP contribution in [0.2, 0.25) is 12.6 Å². The van der Waals surface area contributed by atoms with E-state index in [-0.39, 0.29) is 8.41 Å². The first-order valence-electron chi connectivity index (χ1n) is 6.78. The minimum Gasteiger partial charge on any atom is -0.0654 e. The zero-order valence-electron chi connectivity index (χ0n) is 11.1. The molecule has 0 bridgehead atoms. The van der Waals surface area contributed by atoms with Gasteiger partial charge in [0.15, 0.2) is 0 Å². The first kappa shape index (κ1) is 13.6. The summed E-state index contributed by atoms with van der Waals surface area (Å²) in [7, 11) is -0.299. The van der Waals surface area contributed by atoms with Crippen molar-refractivity contribution in [1.29, 1.82) is 0 Å². The van der Waals surface area contributed by atoms with Crippen LogP contribution in [0.5, 0.6) is 0 Å². The van der Waals surface area contributed by atoms with Crippen LogP contribution in [0.3, 0.4) is 0 Å². The van der Waals surface area contributed by atoms with Gasteiger partial charge in [-0.2, -0.15) is 0 Å². The average Bonchev–Trinajstić information content (AvgIpc) is 2.75. The molecule has 1 heteroatoms. The Morgan fingerprint density at radius 3 is 2.56 bits per heavy atom. The number of rotatable bonds is 7. The van der Waals surface area contributed by atoms with Crippen molar-refractivity contribution in [2.75, 3.05) is 0 Å². The van der Waals surface area contributed by atoms with Crippen LogP contribution >= 0.6 is 0 Å². The van der Waals surface area contributed by atoms with E-state index in [0.717, 1.165) is 0 Å². The summed E-state index contributed by atoms with van der Waals surface area (Å²) in [5, 5.41) is 1.53. The Labute approximate surface area is 103 Å². The highest BCUT2D eigenvalue weighted by Gasteiger charge is 2.05. The van der Waals surface area contributed by atoms with Crippen LogP contribution in [0.4, 0.5) is 0 Å². The highest BCUT2D eigenvalue weighted by atomic mass is 28.2. The van der Waals surface area contributed by atoms with Crippen molar-refractivity contribution in [1.82, 2.24) is 0 Å². The van der Waals surface area contributed by atoms with Gasteiger partial charge in [-0.05, 0) is 35.7 Å². The smallest absolute Gasteiger partial charge is 0.0169 e. The quantitative estimate of drug-likeness (QED) is 0.447. The zero-order chi connectivity index (χ0) is 11.8. The van der Waals surface area contributed by atoms with Gasteiger partial charge in [0.2, 0.25) is 0 Å². The lowest BCUT2D eigenvalue weighted by molar-refractivity contribution is 0.768. The van der Waals surface area contributed by atoms with E-state index in [1.165, 1.54) is 55.3 Å². The van der Waals surface area contributed by atoms with Crippen molar-refractivity contribution in [3.63, 3.8) is 0 Å². The number of allylic oxidation sites excluding steroid dienone is 4. The Bertz CT molecular complexity index is 295. The van der Waals surface area contributed by atoms with E-state index in [9.17, 15) is 0 Å². The molecule has 0 saturated carbocycles. The van der Waals surface area contributed by atoms with E-state index in [0.29, 0.717) is 0 Å². The van der Waals surface area contributed by atoms with Gasteiger partial charge in [-0.3, -0.25) is 0 Å². The molecule has 0 amide bonds. The molecule has 0 N–H and O–H groups in total. The summed E-state index contributed by atoms with van der Waals surface area (Å²) >= 11 is 0. The highest BCUT2D eigenvalue weighted by molar-refractivity contribution is 6.73. The normalized spacial score (nSPS) is 17.8. The minimum absolute atomic E-state index is 0.299. The molecule has 1 aliphatic rings. The van der Waals surface area contributed by atoms with E-state index in [1.807, 2.05) is 0 Å². The lowest BCUT2D eigenvalue weighted by Crippen LogP contribution is -2.06. The second kappa shape index (κ2) is 7.78. The Morgan fingerprint density at radius 2 is 1.88 bits per heavy atom. The van der Waals surface area contributed by atoms with E-state index in [1.54, 1.807) is 0 Å². The second-order valence-electron chi connectivity index (χ2n) is 4.76. The van der Waals surface area contributed by atoms with Gasteiger partial charge in [0, 0.05) is 8.41 Å². The van der Waals surface area contributed by atoms with Crippen LogP contribution in [0.1, 0.15) is 52.4 Å². The molecule has 0 atom stereocenters. The van der Waals surface area contributed by atoms with Crippen molar-refractivity contribution < 1.29 is 0 Å². The molecule has 0 saturated heterocycles.